The number of ether oxygens (including phenoxy) is 1. The van der Waals surface area contributed by atoms with E-state index in [-0.39, 0.29) is 30.3 Å². The molecule has 31 heavy (non-hydrogen) atoms. The van der Waals surface area contributed by atoms with Gasteiger partial charge >= 0.3 is 6.18 Å². The van der Waals surface area contributed by atoms with E-state index in [2.05, 4.69) is 20.8 Å². The fourth-order valence-corrected chi connectivity index (χ4v) is 3.00. The molecule has 0 saturated heterocycles. The first kappa shape index (κ1) is 22.1. The molecule has 1 unspecified atom stereocenters. The van der Waals surface area contributed by atoms with Gasteiger partial charge in [0.25, 0.3) is 0 Å². The van der Waals surface area contributed by atoms with Gasteiger partial charge in [-0.2, -0.15) is 13.2 Å². The van der Waals surface area contributed by atoms with Crippen molar-refractivity contribution in [1.29, 1.82) is 0 Å². The summed E-state index contributed by atoms with van der Waals surface area (Å²) in [7, 11) is 1.53. The minimum atomic E-state index is -4.51. The fourth-order valence-electron chi connectivity index (χ4n) is 3.00. The Hall–Kier alpha value is -3.63. The van der Waals surface area contributed by atoms with Crippen LogP contribution in [0.15, 0.2) is 42.6 Å². The Bertz CT molecular complexity index is 1080. The van der Waals surface area contributed by atoms with Crippen molar-refractivity contribution in [2.45, 2.75) is 32.1 Å². The van der Waals surface area contributed by atoms with E-state index in [4.69, 9.17) is 4.74 Å². The third-order valence-electron chi connectivity index (χ3n) is 4.53. The summed E-state index contributed by atoms with van der Waals surface area (Å²) in [5, 5.41) is 13.0. The summed E-state index contributed by atoms with van der Waals surface area (Å²) < 4.78 is 45.2. The summed E-state index contributed by atoms with van der Waals surface area (Å²) in [6, 6.07) is 8.42. The monoisotopic (exact) mass is 435 g/mol. The molecule has 0 aliphatic rings. The van der Waals surface area contributed by atoms with E-state index in [1.54, 1.807) is 24.3 Å². The van der Waals surface area contributed by atoms with Crippen molar-refractivity contribution in [2.24, 2.45) is 0 Å². The molecule has 164 valence electrons. The number of hydrogen-bond donors (Lipinski definition) is 2. The second-order valence-electron chi connectivity index (χ2n) is 6.77. The third kappa shape index (κ3) is 5.50. The van der Waals surface area contributed by atoms with E-state index >= 15 is 0 Å². The highest BCUT2D eigenvalue weighted by Crippen LogP contribution is 2.29. The molecule has 2 amide bonds. The van der Waals surface area contributed by atoms with Crippen LogP contribution in [0.3, 0.4) is 0 Å². The van der Waals surface area contributed by atoms with E-state index in [1.165, 1.54) is 24.5 Å². The lowest BCUT2D eigenvalue weighted by molar-refractivity contribution is -0.138. The van der Waals surface area contributed by atoms with Gasteiger partial charge in [0.15, 0.2) is 11.5 Å². The van der Waals surface area contributed by atoms with Gasteiger partial charge in [0.1, 0.15) is 5.75 Å². The number of nitrogens with one attached hydrogen (secondary N) is 2. The Kier molecular flexibility index (Phi) is 6.42. The van der Waals surface area contributed by atoms with E-state index in [0.717, 1.165) is 12.3 Å². The Labute approximate surface area is 175 Å². The summed E-state index contributed by atoms with van der Waals surface area (Å²) in [4.78, 5) is 24.0. The van der Waals surface area contributed by atoms with Crippen molar-refractivity contribution in [3.05, 3.63) is 59.5 Å². The zero-order valence-corrected chi connectivity index (χ0v) is 16.7. The number of pyridine rings is 1. The van der Waals surface area contributed by atoms with Crippen LogP contribution in [0.1, 0.15) is 36.3 Å². The summed E-state index contributed by atoms with van der Waals surface area (Å²) in [6.07, 6.45) is -3.70. The van der Waals surface area contributed by atoms with Crippen LogP contribution in [0, 0.1) is 0 Å². The molecule has 0 bridgehead atoms. The molecule has 0 spiro atoms. The molecule has 3 rings (SSSR count). The zero-order valence-electron chi connectivity index (χ0n) is 16.7. The number of halogens is 3. The number of nitrogens with zero attached hydrogens (tertiary/aromatic N) is 3. The molecule has 1 aromatic carbocycles. The number of methoxy groups -OCH3 is 1. The van der Waals surface area contributed by atoms with Gasteiger partial charge in [-0.1, -0.05) is 12.1 Å². The molecule has 0 aliphatic heterocycles. The summed E-state index contributed by atoms with van der Waals surface area (Å²) in [5.74, 6) is 0.0525. The first-order valence-corrected chi connectivity index (χ1v) is 9.26. The normalized spacial score (nSPS) is 12.4. The smallest absolute Gasteiger partial charge is 0.417 e. The highest BCUT2D eigenvalue weighted by Gasteiger charge is 2.31. The number of carbonyl (C=O) groups is 2. The second kappa shape index (κ2) is 9.02. The molecule has 8 nitrogen and oxygen atoms in total. The molecule has 0 radical (unpaired) electrons. The van der Waals surface area contributed by atoms with E-state index in [0.29, 0.717) is 11.3 Å². The minimum absolute atomic E-state index is 0.0730. The van der Waals surface area contributed by atoms with E-state index < -0.39 is 23.7 Å². The average molecular weight is 435 g/mol. The summed E-state index contributed by atoms with van der Waals surface area (Å²) in [6.45, 7) is 1.21. The predicted octanol–water partition coefficient (Wildman–Crippen LogP) is 2.64. The van der Waals surface area contributed by atoms with Gasteiger partial charge in [0, 0.05) is 13.1 Å². The lowest BCUT2D eigenvalue weighted by Crippen LogP contribution is -2.32. The largest absolute Gasteiger partial charge is 0.497 e. The van der Waals surface area contributed by atoms with Crippen LogP contribution >= 0.6 is 0 Å². The van der Waals surface area contributed by atoms with Crippen LogP contribution in [-0.2, 0) is 22.3 Å². The number of amides is 2. The lowest BCUT2D eigenvalue weighted by Gasteiger charge is -2.18. The maximum absolute atomic E-state index is 13.0. The molecule has 1 atom stereocenters. The van der Waals surface area contributed by atoms with Crippen molar-refractivity contribution in [3.8, 4) is 5.75 Å². The minimum Gasteiger partial charge on any atom is -0.497 e. The molecule has 2 N–H and O–H groups in total. The topological polar surface area (TPSA) is 97.6 Å². The number of aromatic nitrogens is 3. The van der Waals surface area contributed by atoms with Gasteiger partial charge in [-0.3, -0.25) is 14.0 Å². The van der Waals surface area contributed by atoms with E-state index in [9.17, 15) is 22.8 Å². The van der Waals surface area contributed by atoms with Gasteiger partial charge < -0.3 is 15.4 Å². The molecule has 0 saturated carbocycles. The third-order valence-corrected chi connectivity index (χ3v) is 4.53. The van der Waals surface area contributed by atoms with Crippen LogP contribution in [0.5, 0.6) is 5.75 Å². The number of hydrogen-bond acceptors (Lipinski definition) is 5. The van der Waals surface area contributed by atoms with Gasteiger partial charge in [-0.25, -0.2) is 0 Å². The molecule has 2 heterocycles. The van der Waals surface area contributed by atoms with Gasteiger partial charge in [-0.05, 0) is 29.8 Å². The quantitative estimate of drug-likeness (QED) is 0.595. The molecular formula is C20H20F3N5O3. The van der Waals surface area contributed by atoms with Crippen molar-refractivity contribution < 1.29 is 27.5 Å². The first-order chi connectivity index (χ1) is 14.7. The number of rotatable bonds is 7. The number of benzene rings is 1. The Balaban J connectivity index is 1.70. The van der Waals surface area contributed by atoms with Crippen LogP contribution in [-0.4, -0.2) is 33.5 Å². The lowest BCUT2D eigenvalue weighted by atomic mass is 10.0. The van der Waals surface area contributed by atoms with E-state index in [1.807, 2.05) is 0 Å². The number of carbonyl (C=O) groups excluding carboxylic acids is 2. The van der Waals surface area contributed by atoms with Gasteiger partial charge in [-0.15, -0.1) is 10.2 Å². The highest BCUT2D eigenvalue weighted by molar-refractivity contribution is 5.79. The summed E-state index contributed by atoms with van der Waals surface area (Å²) in [5.41, 5.74) is 0.0816. The average Bonchev–Trinajstić information content (AvgIpc) is 3.13. The van der Waals surface area contributed by atoms with Crippen LogP contribution in [0.25, 0.3) is 5.65 Å². The Morgan fingerprint density at radius 2 is 1.84 bits per heavy atom. The summed E-state index contributed by atoms with van der Waals surface area (Å²) >= 11 is 0. The maximum Gasteiger partial charge on any atom is 0.417 e. The Morgan fingerprint density at radius 3 is 2.45 bits per heavy atom. The molecule has 0 fully saturated rings. The number of alkyl halides is 3. The van der Waals surface area contributed by atoms with Gasteiger partial charge in [0.05, 0.1) is 31.7 Å². The van der Waals surface area contributed by atoms with Crippen LogP contribution in [0.2, 0.25) is 0 Å². The maximum atomic E-state index is 13.0. The van der Waals surface area contributed by atoms with Crippen LogP contribution in [0.4, 0.5) is 13.2 Å². The highest BCUT2D eigenvalue weighted by atomic mass is 19.4. The number of fused-ring (bicyclic) bond motifs is 1. The molecular weight excluding hydrogens is 415 g/mol. The zero-order chi connectivity index (χ0) is 22.6. The molecule has 3 aromatic rings. The van der Waals surface area contributed by atoms with Crippen LogP contribution < -0.4 is 15.4 Å². The molecule has 2 aromatic heterocycles. The molecule has 0 aliphatic carbocycles. The SMILES string of the molecule is COc1ccc(C(CC(=O)NCc2nnc3ccc(C(F)(F)F)cn23)NC(C)=O)cc1. The first-order valence-electron chi connectivity index (χ1n) is 9.26. The van der Waals surface area contributed by atoms with Crippen molar-refractivity contribution in [2.75, 3.05) is 7.11 Å². The Morgan fingerprint density at radius 1 is 1.13 bits per heavy atom. The second-order valence-corrected chi connectivity index (χ2v) is 6.77. The molecule has 11 heteroatoms. The predicted molar refractivity (Wildman–Crippen MR) is 104 cm³/mol. The standard InChI is InChI=1S/C20H20F3N5O3/c1-12(29)25-16(13-3-6-15(31-2)7-4-13)9-19(30)24-10-18-27-26-17-8-5-14(11-28(17)18)20(21,22)23/h3-8,11,16H,9-10H2,1-2H3,(H,24,30)(H,25,29). The van der Waals surface area contributed by atoms with Crippen molar-refractivity contribution in [3.63, 3.8) is 0 Å². The van der Waals surface area contributed by atoms with Crippen molar-refractivity contribution >= 4 is 17.5 Å². The fraction of sp³-hybridized carbons (Fsp3) is 0.300. The van der Waals surface area contributed by atoms with Crippen molar-refractivity contribution in [1.82, 2.24) is 25.2 Å². The van der Waals surface area contributed by atoms with Gasteiger partial charge in [0.2, 0.25) is 11.8 Å².